The summed E-state index contributed by atoms with van der Waals surface area (Å²) in [6.07, 6.45) is 2.52. The van der Waals surface area contributed by atoms with Gasteiger partial charge in [-0.3, -0.25) is 15.0 Å². The molecule has 0 aliphatic carbocycles. The summed E-state index contributed by atoms with van der Waals surface area (Å²) in [7, 11) is 0. The predicted octanol–water partition coefficient (Wildman–Crippen LogP) is 1.91. The van der Waals surface area contributed by atoms with Gasteiger partial charge in [0.2, 0.25) is 5.91 Å². The van der Waals surface area contributed by atoms with Gasteiger partial charge in [-0.1, -0.05) is 29.8 Å². The quantitative estimate of drug-likeness (QED) is 0.870. The molecular weight excluding hydrogens is 294 g/mol. The highest BCUT2D eigenvalue weighted by Gasteiger charge is 2.26. The first kappa shape index (κ1) is 15.8. The molecule has 0 saturated carbocycles. The van der Waals surface area contributed by atoms with Crippen LogP contribution in [-0.2, 0) is 4.79 Å². The monoisotopic (exact) mass is 319 g/mol. The lowest BCUT2D eigenvalue weighted by molar-refractivity contribution is -0.122. The van der Waals surface area contributed by atoms with E-state index >= 15 is 0 Å². The van der Waals surface area contributed by atoms with Gasteiger partial charge < -0.3 is 5.32 Å². The fraction of sp³-hybridized carbons (Fsp3) is 0.588. The Morgan fingerprint density at radius 2 is 2.09 bits per heavy atom. The summed E-state index contributed by atoms with van der Waals surface area (Å²) in [6.45, 7) is 5.07. The number of hydrogen-bond acceptors (Lipinski definition) is 4. The Morgan fingerprint density at radius 3 is 2.73 bits per heavy atom. The van der Waals surface area contributed by atoms with Crippen LogP contribution in [-0.4, -0.2) is 48.1 Å². The van der Waals surface area contributed by atoms with Gasteiger partial charge in [0.1, 0.15) is 0 Å². The van der Waals surface area contributed by atoms with E-state index in [0.717, 1.165) is 24.7 Å². The summed E-state index contributed by atoms with van der Waals surface area (Å²) in [6, 6.07) is 9.00. The van der Waals surface area contributed by atoms with Crippen LogP contribution in [0.15, 0.2) is 24.3 Å². The summed E-state index contributed by atoms with van der Waals surface area (Å²) in [5.74, 6) is 1.90. The van der Waals surface area contributed by atoms with Crippen molar-refractivity contribution in [3.63, 3.8) is 0 Å². The minimum Gasteiger partial charge on any atom is -0.353 e. The molecule has 2 unspecified atom stereocenters. The zero-order chi connectivity index (χ0) is 15.4. The molecule has 2 heterocycles. The second-order valence-corrected chi connectivity index (χ2v) is 7.22. The van der Waals surface area contributed by atoms with Crippen LogP contribution < -0.4 is 10.6 Å². The number of carbonyl (C=O) groups is 1. The summed E-state index contributed by atoms with van der Waals surface area (Å²) in [5, 5.41) is 6.39. The van der Waals surface area contributed by atoms with Gasteiger partial charge in [-0.15, -0.1) is 11.8 Å². The number of benzene rings is 1. The van der Waals surface area contributed by atoms with Crippen LogP contribution in [0.4, 0.5) is 0 Å². The molecule has 2 aliphatic heterocycles. The number of nitrogens with zero attached hydrogens (tertiary/aromatic N) is 1. The molecule has 1 aromatic rings. The number of likely N-dealkylation sites (tertiary alicyclic amines) is 1. The van der Waals surface area contributed by atoms with Gasteiger partial charge in [0.25, 0.3) is 0 Å². The number of nitrogens with one attached hydrogen (secondary N) is 2. The maximum absolute atomic E-state index is 12.2. The van der Waals surface area contributed by atoms with Crippen LogP contribution >= 0.6 is 11.8 Å². The van der Waals surface area contributed by atoms with Crippen molar-refractivity contribution in [2.45, 2.75) is 31.8 Å². The smallest absolute Gasteiger partial charge is 0.238 e. The lowest BCUT2D eigenvalue weighted by atomic mass is 10.0. The van der Waals surface area contributed by atoms with E-state index in [0.29, 0.717) is 12.6 Å². The van der Waals surface area contributed by atoms with Gasteiger partial charge in [-0.05, 0) is 38.4 Å². The third-order valence-electron chi connectivity index (χ3n) is 4.55. The van der Waals surface area contributed by atoms with E-state index in [1.54, 1.807) is 11.8 Å². The third-order valence-corrected chi connectivity index (χ3v) is 5.49. The highest BCUT2D eigenvalue weighted by molar-refractivity contribution is 7.99. The molecule has 1 aromatic carbocycles. The summed E-state index contributed by atoms with van der Waals surface area (Å²) in [4.78, 5) is 14.7. The van der Waals surface area contributed by atoms with E-state index in [2.05, 4.69) is 46.7 Å². The average molecular weight is 319 g/mol. The van der Waals surface area contributed by atoms with E-state index in [1.807, 2.05) is 0 Å². The molecule has 0 spiro atoms. The molecule has 2 fully saturated rings. The average Bonchev–Trinajstić information content (AvgIpc) is 3.22. The number of hydrogen-bond donors (Lipinski definition) is 2. The minimum absolute atomic E-state index is 0.0257. The molecule has 4 nitrogen and oxygen atoms in total. The molecule has 2 atom stereocenters. The van der Waals surface area contributed by atoms with Gasteiger partial charge in [-0.2, -0.15) is 0 Å². The lowest BCUT2D eigenvalue weighted by Gasteiger charge is -2.28. The maximum atomic E-state index is 12.2. The van der Waals surface area contributed by atoms with Crippen LogP contribution in [0.2, 0.25) is 0 Å². The van der Waals surface area contributed by atoms with Crippen molar-refractivity contribution in [1.82, 2.24) is 15.5 Å². The van der Waals surface area contributed by atoms with Gasteiger partial charge in [-0.25, -0.2) is 0 Å². The highest BCUT2D eigenvalue weighted by atomic mass is 32.2. The van der Waals surface area contributed by atoms with Crippen LogP contribution in [0.3, 0.4) is 0 Å². The summed E-state index contributed by atoms with van der Waals surface area (Å²) < 4.78 is 0. The molecule has 5 heteroatoms. The van der Waals surface area contributed by atoms with Gasteiger partial charge in [0.05, 0.1) is 12.1 Å². The fourth-order valence-electron chi connectivity index (χ4n) is 3.18. The van der Waals surface area contributed by atoms with E-state index in [9.17, 15) is 4.79 Å². The molecular formula is C17H25N3OS. The first-order valence-corrected chi connectivity index (χ1v) is 9.29. The lowest BCUT2D eigenvalue weighted by Crippen LogP contribution is -2.45. The molecule has 3 rings (SSSR count). The van der Waals surface area contributed by atoms with Crippen LogP contribution in [0.5, 0.6) is 0 Å². The number of aryl methyl sites for hydroxylation is 1. The highest BCUT2D eigenvalue weighted by Crippen LogP contribution is 2.25. The molecule has 2 saturated heterocycles. The Hall–Kier alpha value is -1.04. The fourth-order valence-corrected chi connectivity index (χ4v) is 4.13. The van der Waals surface area contributed by atoms with Crippen LogP contribution in [0.1, 0.15) is 30.0 Å². The van der Waals surface area contributed by atoms with Crippen molar-refractivity contribution in [3.05, 3.63) is 35.4 Å². The molecule has 120 valence electrons. The molecule has 2 aliphatic rings. The molecule has 0 aromatic heterocycles. The first-order valence-electron chi connectivity index (χ1n) is 8.13. The normalized spacial score (nSPS) is 23.6. The summed E-state index contributed by atoms with van der Waals surface area (Å²) in [5.41, 5.74) is 2.58. The Balaban J connectivity index is 1.65. The number of thioether (sulfide) groups is 1. The van der Waals surface area contributed by atoms with E-state index in [1.165, 1.54) is 24.0 Å². The first-order chi connectivity index (χ1) is 10.7. The van der Waals surface area contributed by atoms with Crippen molar-refractivity contribution in [2.24, 2.45) is 0 Å². The number of rotatable bonds is 5. The number of carbonyl (C=O) groups excluding carboxylic acids is 1. The zero-order valence-electron chi connectivity index (χ0n) is 13.2. The van der Waals surface area contributed by atoms with Gasteiger partial charge >= 0.3 is 0 Å². The van der Waals surface area contributed by atoms with Gasteiger partial charge in [0.15, 0.2) is 0 Å². The topological polar surface area (TPSA) is 44.4 Å². The maximum Gasteiger partial charge on any atom is 0.238 e. The summed E-state index contributed by atoms with van der Waals surface area (Å²) >= 11 is 1.79. The Kier molecular flexibility index (Phi) is 5.39. The van der Waals surface area contributed by atoms with E-state index in [4.69, 9.17) is 0 Å². The Morgan fingerprint density at radius 1 is 1.36 bits per heavy atom. The zero-order valence-corrected chi connectivity index (χ0v) is 14.0. The van der Waals surface area contributed by atoms with Crippen LogP contribution in [0.25, 0.3) is 0 Å². The largest absolute Gasteiger partial charge is 0.353 e. The van der Waals surface area contributed by atoms with Crippen LogP contribution in [0, 0.1) is 6.92 Å². The molecule has 0 bridgehead atoms. The second-order valence-electron chi connectivity index (χ2n) is 6.19. The predicted molar refractivity (Wildman–Crippen MR) is 92.0 cm³/mol. The van der Waals surface area contributed by atoms with Crippen molar-refractivity contribution in [3.8, 4) is 0 Å². The van der Waals surface area contributed by atoms with E-state index < -0.39 is 0 Å². The molecule has 22 heavy (non-hydrogen) atoms. The number of amides is 1. The van der Waals surface area contributed by atoms with Crippen molar-refractivity contribution in [1.29, 1.82) is 0 Å². The van der Waals surface area contributed by atoms with Gasteiger partial charge in [0, 0.05) is 18.2 Å². The Bertz CT molecular complexity index is 493. The molecule has 2 N–H and O–H groups in total. The minimum atomic E-state index is -0.0257. The van der Waals surface area contributed by atoms with E-state index in [-0.39, 0.29) is 11.9 Å². The van der Waals surface area contributed by atoms with Crippen molar-refractivity contribution >= 4 is 17.7 Å². The Labute approximate surface area is 137 Å². The third kappa shape index (κ3) is 3.83. The SMILES string of the molecule is Cc1ccc(C(CNC(=O)C2CSCN2)N2CCCC2)cc1. The molecule has 1 amide bonds. The molecule has 0 radical (unpaired) electrons. The standard InChI is InChI=1S/C17H25N3OS/c1-13-4-6-14(7-5-13)16(20-8-2-3-9-20)10-18-17(21)15-11-22-12-19-15/h4-7,15-16,19H,2-3,8-12H2,1H3,(H,18,21). The van der Waals surface area contributed by atoms with Crippen molar-refractivity contribution < 1.29 is 4.79 Å². The second kappa shape index (κ2) is 7.49. The van der Waals surface area contributed by atoms with Crippen molar-refractivity contribution in [2.75, 3.05) is 31.3 Å².